The normalized spacial score (nSPS) is 12.0. The molecule has 1 aromatic heterocycles. The zero-order valence-corrected chi connectivity index (χ0v) is 17.0. The maximum Gasteiger partial charge on any atom is 0.355 e. The van der Waals surface area contributed by atoms with Gasteiger partial charge in [0.2, 0.25) is 0 Å². The number of benzene rings is 2. The van der Waals surface area contributed by atoms with Crippen LogP contribution in [0.3, 0.4) is 0 Å². The fourth-order valence-corrected chi connectivity index (χ4v) is 3.21. The monoisotopic (exact) mass is 394 g/mol. The van der Waals surface area contributed by atoms with Gasteiger partial charge < -0.3 is 10.5 Å². The summed E-state index contributed by atoms with van der Waals surface area (Å²) in [4.78, 5) is 24.8. The second kappa shape index (κ2) is 8.87. The molecule has 0 fully saturated rings. The summed E-state index contributed by atoms with van der Waals surface area (Å²) in [5.74, 6) is 0.167. The molecule has 0 bridgehead atoms. The molecule has 0 spiro atoms. The van der Waals surface area contributed by atoms with Crippen molar-refractivity contribution in [3.05, 3.63) is 76.0 Å². The van der Waals surface area contributed by atoms with Gasteiger partial charge in [-0.1, -0.05) is 31.2 Å². The summed E-state index contributed by atoms with van der Waals surface area (Å²) in [5, 5.41) is 4.40. The number of esters is 1. The van der Waals surface area contributed by atoms with E-state index in [0.29, 0.717) is 31.1 Å². The van der Waals surface area contributed by atoms with E-state index in [9.17, 15) is 9.59 Å². The van der Waals surface area contributed by atoms with Crippen molar-refractivity contribution in [2.45, 2.75) is 33.7 Å². The third-order valence-corrected chi connectivity index (χ3v) is 4.78. The summed E-state index contributed by atoms with van der Waals surface area (Å²) in [6.45, 7) is 6.27. The summed E-state index contributed by atoms with van der Waals surface area (Å²) in [7, 11) is 0. The SMILES string of the molecule is CCOC(=O)C(C)Cc1ccc(-n2c(C)nn(-c3ccc(CN)cc3)c2=O)cc1. The first-order chi connectivity index (χ1) is 13.9. The van der Waals surface area contributed by atoms with Crippen molar-refractivity contribution in [2.24, 2.45) is 11.7 Å². The van der Waals surface area contributed by atoms with Crippen molar-refractivity contribution in [1.82, 2.24) is 14.3 Å². The molecule has 1 heterocycles. The van der Waals surface area contributed by atoms with Gasteiger partial charge in [-0.15, -0.1) is 5.10 Å². The van der Waals surface area contributed by atoms with Crippen LogP contribution >= 0.6 is 0 Å². The average Bonchev–Trinajstić information content (AvgIpc) is 3.03. The number of nitrogens with two attached hydrogens (primary N) is 1. The predicted octanol–water partition coefficient (Wildman–Crippen LogP) is 2.53. The molecule has 3 aromatic rings. The number of carbonyl (C=O) groups is 1. The highest BCUT2D eigenvalue weighted by Crippen LogP contribution is 2.15. The highest BCUT2D eigenvalue weighted by molar-refractivity contribution is 5.72. The van der Waals surface area contributed by atoms with Crippen molar-refractivity contribution in [3.8, 4) is 11.4 Å². The molecule has 0 aliphatic rings. The van der Waals surface area contributed by atoms with Gasteiger partial charge in [-0.3, -0.25) is 4.79 Å². The van der Waals surface area contributed by atoms with E-state index in [2.05, 4.69) is 5.10 Å². The summed E-state index contributed by atoms with van der Waals surface area (Å²) in [6, 6.07) is 15.0. The van der Waals surface area contributed by atoms with E-state index in [1.54, 1.807) is 18.4 Å². The van der Waals surface area contributed by atoms with Crippen molar-refractivity contribution in [2.75, 3.05) is 6.61 Å². The van der Waals surface area contributed by atoms with Crippen LogP contribution in [0.25, 0.3) is 11.4 Å². The Morgan fingerprint density at radius 3 is 2.24 bits per heavy atom. The Morgan fingerprint density at radius 1 is 1.07 bits per heavy atom. The van der Waals surface area contributed by atoms with E-state index in [1.165, 1.54) is 4.68 Å². The van der Waals surface area contributed by atoms with E-state index in [-0.39, 0.29) is 17.6 Å². The molecular formula is C22H26N4O3. The average molecular weight is 394 g/mol. The van der Waals surface area contributed by atoms with E-state index in [0.717, 1.165) is 16.8 Å². The minimum Gasteiger partial charge on any atom is -0.466 e. The first-order valence-electron chi connectivity index (χ1n) is 9.68. The molecule has 7 heteroatoms. The van der Waals surface area contributed by atoms with Gasteiger partial charge in [0.1, 0.15) is 5.82 Å². The Balaban J connectivity index is 1.84. The molecule has 1 atom stereocenters. The van der Waals surface area contributed by atoms with Crippen molar-refractivity contribution < 1.29 is 9.53 Å². The molecule has 0 radical (unpaired) electrons. The molecule has 0 saturated carbocycles. The van der Waals surface area contributed by atoms with Gasteiger partial charge in [0.15, 0.2) is 0 Å². The molecule has 7 nitrogen and oxygen atoms in total. The molecule has 152 valence electrons. The van der Waals surface area contributed by atoms with Crippen LogP contribution in [0.1, 0.15) is 30.8 Å². The number of ether oxygens (including phenoxy) is 1. The minimum atomic E-state index is -0.240. The van der Waals surface area contributed by atoms with Gasteiger partial charge in [-0.05, 0) is 55.7 Å². The molecular weight excluding hydrogens is 368 g/mol. The molecule has 0 saturated heterocycles. The zero-order chi connectivity index (χ0) is 21.0. The van der Waals surface area contributed by atoms with Crippen molar-refractivity contribution >= 4 is 5.97 Å². The lowest BCUT2D eigenvalue weighted by molar-refractivity contribution is -0.147. The van der Waals surface area contributed by atoms with Crippen LogP contribution in [0, 0.1) is 12.8 Å². The highest BCUT2D eigenvalue weighted by Gasteiger charge is 2.16. The molecule has 0 amide bonds. The van der Waals surface area contributed by atoms with Crippen LogP contribution in [-0.4, -0.2) is 26.9 Å². The third kappa shape index (κ3) is 4.46. The predicted molar refractivity (Wildman–Crippen MR) is 111 cm³/mol. The Hall–Kier alpha value is -3.19. The molecule has 1 unspecified atom stereocenters. The molecule has 2 N–H and O–H groups in total. The number of aromatic nitrogens is 3. The summed E-state index contributed by atoms with van der Waals surface area (Å²) in [5.41, 5.74) is 8.80. The second-order valence-corrected chi connectivity index (χ2v) is 6.97. The first kappa shape index (κ1) is 20.5. The molecule has 3 rings (SSSR count). The van der Waals surface area contributed by atoms with E-state index >= 15 is 0 Å². The van der Waals surface area contributed by atoms with Crippen LogP contribution in [-0.2, 0) is 22.5 Å². The standard InChI is InChI=1S/C22H26N4O3/c1-4-29-21(27)15(2)13-17-5-9-19(10-6-17)25-16(3)24-26(22(25)28)20-11-7-18(14-23)8-12-20/h5-12,15H,4,13-14,23H2,1-3H3. The number of nitrogens with zero attached hydrogens (tertiary/aromatic N) is 3. The fourth-order valence-electron chi connectivity index (χ4n) is 3.21. The quantitative estimate of drug-likeness (QED) is 0.622. The fraction of sp³-hybridized carbons (Fsp3) is 0.318. The summed E-state index contributed by atoms with van der Waals surface area (Å²) < 4.78 is 8.00. The number of hydrogen-bond donors (Lipinski definition) is 1. The van der Waals surface area contributed by atoms with Crippen LogP contribution in [0.15, 0.2) is 53.3 Å². The molecule has 0 aliphatic carbocycles. The van der Waals surface area contributed by atoms with Crippen LogP contribution in [0.5, 0.6) is 0 Å². The van der Waals surface area contributed by atoms with Gasteiger partial charge in [0.25, 0.3) is 0 Å². The van der Waals surface area contributed by atoms with E-state index < -0.39 is 0 Å². The Bertz CT molecular complexity index is 1030. The van der Waals surface area contributed by atoms with Gasteiger partial charge in [0, 0.05) is 6.54 Å². The molecule has 2 aromatic carbocycles. The third-order valence-electron chi connectivity index (χ3n) is 4.78. The summed E-state index contributed by atoms with van der Waals surface area (Å²) in [6.07, 6.45) is 0.583. The van der Waals surface area contributed by atoms with E-state index in [4.69, 9.17) is 10.5 Å². The second-order valence-electron chi connectivity index (χ2n) is 6.97. The maximum atomic E-state index is 12.9. The first-order valence-corrected chi connectivity index (χ1v) is 9.68. The number of hydrogen-bond acceptors (Lipinski definition) is 5. The largest absolute Gasteiger partial charge is 0.466 e. The van der Waals surface area contributed by atoms with Crippen molar-refractivity contribution in [1.29, 1.82) is 0 Å². The molecule has 29 heavy (non-hydrogen) atoms. The van der Waals surface area contributed by atoms with Gasteiger partial charge in [0.05, 0.1) is 23.9 Å². The number of carbonyl (C=O) groups excluding carboxylic acids is 1. The van der Waals surface area contributed by atoms with Crippen LogP contribution in [0.4, 0.5) is 0 Å². The van der Waals surface area contributed by atoms with E-state index in [1.807, 2.05) is 55.5 Å². The lowest BCUT2D eigenvalue weighted by Gasteiger charge is -2.11. The Labute approximate surface area is 169 Å². The minimum absolute atomic E-state index is 0.203. The molecule has 0 aliphatic heterocycles. The zero-order valence-electron chi connectivity index (χ0n) is 17.0. The van der Waals surface area contributed by atoms with Crippen LogP contribution < -0.4 is 11.4 Å². The highest BCUT2D eigenvalue weighted by atomic mass is 16.5. The van der Waals surface area contributed by atoms with Crippen LogP contribution in [0.2, 0.25) is 0 Å². The maximum absolute atomic E-state index is 12.9. The lowest BCUT2D eigenvalue weighted by atomic mass is 10.0. The number of rotatable bonds is 7. The smallest absolute Gasteiger partial charge is 0.355 e. The summed E-state index contributed by atoms with van der Waals surface area (Å²) >= 11 is 0. The van der Waals surface area contributed by atoms with Crippen molar-refractivity contribution in [3.63, 3.8) is 0 Å². The topological polar surface area (TPSA) is 92.1 Å². The van der Waals surface area contributed by atoms with Gasteiger partial charge in [-0.25, -0.2) is 9.36 Å². The van der Waals surface area contributed by atoms with Gasteiger partial charge in [-0.2, -0.15) is 4.68 Å². The van der Waals surface area contributed by atoms with Gasteiger partial charge >= 0.3 is 11.7 Å². The Kier molecular flexibility index (Phi) is 6.29. The number of aryl methyl sites for hydroxylation is 1. The lowest BCUT2D eigenvalue weighted by Crippen LogP contribution is -2.23. The Morgan fingerprint density at radius 2 is 1.66 bits per heavy atom.